The van der Waals surface area contributed by atoms with Crippen molar-refractivity contribution in [3.05, 3.63) is 24.1 Å². The van der Waals surface area contributed by atoms with E-state index in [2.05, 4.69) is 4.98 Å². The number of ether oxygens (including phenoxy) is 1. The molecule has 0 saturated carbocycles. The Morgan fingerprint density at radius 2 is 2.21 bits per heavy atom. The summed E-state index contributed by atoms with van der Waals surface area (Å²) in [6.45, 7) is 0. The summed E-state index contributed by atoms with van der Waals surface area (Å²) in [5, 5.41) is 0. The molecule has 0 unspecified atom stereocenters. The van der Waals surface area contributed by atoms with Crippen LogP contribution in [0.15, 0.2) is 22.6 Å². The van der Waals surface area contributed by atoms with Gasteiger partial charge in [-0.15, -0.1) is 0 Å². The fourth-order valence-corrected chi connectivity index (χ4v) is 1.20. The van der Waals surface area contributed by atoms with Crippen molar-refractivity contribution in [3.63, 3.8) is 0 Å². The van der Waals surface area contributed by atoms with Crippen molar-refractivity contribution in [3.8, 4) is 5.75 Å². The molecule has 0 bridgehead atoms. The molecule has 74 valence electrons. The van der Waals surface area contributed by atoms with E-state index in [0.29, 0.717) is 16.8 Å². The van der Waals surface area contributed by atoms with Crippen molar-refractivity contribution >= 4 is 11.1 Å². The average Bonchev–Trinajstić information content (AvgIpc) is 2.60. The standard InChI is InChI=1S/C9H7F2NO2/c1-13-5-3-2-4-6-7(5)12-9(14-6)8(10)11/h2-4,8H,1H3. The normalized spacial score (nSPS) is 11.1. The molecule has 1 aromatic carbocycles. The molecule has 2 rings (SSSR count). The zero-order valence-corrected chi connectivity index (χ0v) is 7.33. The van der Waals surface area contributed by atoms with Crippen molar-refractivity contribution in [2.75, 3.05) is 7.11 Å². The Kier molecular flexibility index (Phi) is 2.07. The van der Waals surface area contributed by atoms with Crippen LogP contribution in [0.2, 0.25) is 0 Å². The Morgan fingerprint density at radius 1 is 1.43 bits per heavy atom. The molecule has 14 heavy (non-hydrogen) atoms. The SMILES string of the molecule is COc1cccc2oc(C(F)F)nc12. The van der Waals surface area contributed by atoms with Crippen LogP contribution in [0, 0.1) is 0 Å². The molecule has 0 amide bonds. The Labute approximate surface area is 78.3 Å². The van der Waals surface area contributed by atoms with Crippen LogP contribution in [0.1, 0.15) is 12.3 Å². The average molecular weight is 199 g/mol. The van der Waals surface area contributed by atoms with Crippen molar-refractivity contribution in [1.29, 1.82) is 0 Å². The van der Waals surface area contributed by atoms with E-state index in [9.17, 15) is 8.78 Å². The van der Waals surface area contributed by atoms with Gasteiger partial charge in [-0.1, -0.05) is 6.07 Å². The van der Waals surface area contributed by atoms with Gasteiger partial charge in [0, 0.05) is 0 Å². The summed E-state index contributed by atoms with van der Waals surface area (Å²) in [5.41, 5.74) is 0.630. The number of methoxy groups -OCH3 is 1. The van der Waals surface area contributed by atoms with Crippen molar-refractivity contribution in [2.24, 2.45) is 0 Å². The Morgan fingerprint density at radius 3 is 2.86 bits per heavy atom. The summed E-state index contributed by atoms with van der Waals surface area (Å²) in [5.74, 6) is -0.150. The molecule has 0 saturated heterocycles. The maximum absolute atomic E-state index is 12.2. The van der Waals surface area contributed by atoms with E-state index in [4.69, 9.17) is 9.15 Å². The summed E-state index contributed by atoms with van der Waals surface area (Å²) in [4.78, 5) is 3.64. The molecule has 0 aliphatic heterocycles. The van der Waals surface area contributed by atoms with Crippen LogP contribution < -0.4 is 4.74 Å². The third kappa shape index (κ3) is 1.30. The number of fused-ring (bicyclic) bond motifs is 1. The third-order valence-corrected chi connectivity index (χ3v) is 1.81. The molecule has 3 nitrogen and oxygen atoms in total. The Balaban J connectivity index is 2.64. The van der Waals surface area contributed by atoms with E-state index in [1.165, 1.54) is 7.11 Å². The second kappa shape index (κ2) is 3.25. The molecule has 0 atom stereocenters. The molecule has 0 fully saturated rings. The van der Waals surface area contributed by atoms with Gasteiger partial charge in [0.2, 0.25) is 0 Å². The third-order valence-electron chi connectivity index (χ3n) is 1.81. The number of oxazole rings is 1. The quantitative estimate of drug-likeness (QED) is 0.745. The predicted molar refractivity (Wildman–Crippen MR) is 45.5 cm³/mol. The number of aromatic nitrogens is 1. The largest absolute Gasteiger partial charge is 0.494 e. The summed E-state index contributed by atoms with van der Waals surface area (Å²) in [6, 6.07) is 4.86. The van der Waals surface area contributed by atoms with Crippen LogP contribution in [0.25, 0.3) is 11.1 Å². The minimum Gasteiger partial charge on any atom is -0.494 e. The maximum Gasteiger partial charge on any atom is 0.313 e. The van der Waals surface area contributed by atoms with Crippen LogP contribution in [-0.4, -0.2) is 12.1 Å². The topological polar surface area (TPSA) is 35.3 Å². The first-order chi connectivity index (χ1) is 6.72. The summed E-state index contributed by atoms with van der Waals surface area (Å²) in [7, 11) is 1.45. The van der Waals surface area contributed by atoms with Crippen molar-refractivity contribution in [2.45, 2.75) is 6.43 Å². The van der Waals surface area contributed by atoms with Crippen LogP contribution in [-0.2, 0) is 0 Å². The first-order valence-corrected chi connectivity index (χ1v) is 3.94. The lowest BCUT2D eigenvalue weighted by atomic mass is 10.3. The number of benzene rings is 1. The van der Waals surface area contributed by atoms with Gasteiger partial charge < -0.3 is 9.15 Å². The molecule has 5 heteroatoms. The van der Waals surface area contributed by atoms with Crippen LogP contribution >= 0.6 is 0 Å². The highest BCUT2D eigenvalue weighted by atomic mass is 19.3. The first kappa shape index (κ1) is 8.93. The van der Waals surface area contributed by atoms with E-state index in [1.54, 1.807) is 18.2 Å². The van der Waals surface area contributed by atoms with Gasteiger partial charge in [0.1, 0.15) is 5.75 Å². The highest BCUT2D eigenvalue weighted by Crippen LogP contribution is 2.28. The zero-order valence-electron chi connectivity index (χ0n) is 7.33. The van der Waals surface area contributed by atoms with Gasteiger partial charge in [-0.3, -0.25) is 0 Å². The number of nitrogens with zero attached hydrogens (tertiary/aromatic N) is 1. The second-order valence-corrected chi connectivity index (χ2v) is 2.66. The van der Waals surface area contributed by atoms with Crippen LogP contribution in [0.4, 0.5) is 8.78 Å². The summed E-state index contributed by atoms with van der Waals surface area (Å²) < 4.78 is 34.3. The lowest BCUT2D eigenvalue weighted by molar-refractivity contribution is 0.117. The number of hydrogen-bond acceptors (Lipinski definition) is 3. The van der Waals surface area contributed by atoms with Gasteiger partial charge in [-0.2, -0.15) is 8.78 Å². The lowest BCUT2D eigenvalue weighted by Crippen LogP contribution is -1.85. The molecule has 0 N–H and O–H groups in total. The molecule has 0 spiro atoms. The van der Waals surface area contributed by atoms with Crippen LogP contribution in [0.5, 0.6) is 5.75 Å². The van der Waals surface area contributed by atoms with E-state index in [-0.39, 0.29) is 0 Å². The molecular formula is C9H7F2NO2. The predicted octanol–water partition coefficient (Wildman–Crippen LogP) is 2.77. The monoisotopic (exact) mass is 199 g/mol. The fourth-order valence-electron chi connectivity index (χ4n) is 1.20. The van der Waals surface area contributed by atoms with Gasteiger partial charge in [0.15, 0.2) is 11.1 Å². The Hall–Kier alpha value is -1.65. The molecule has 0 radical (unpaired) electrons. The minimum absolute atomic E-state index is 0.305. The molecule has 1 aromatic heterocycles. The molecule has 0 aliphatic rings. The number of rotatable bonds is 2. The van der Waals surface area contributed by atoms with Gasteiger partial charge in [0.05, 0.1) is 7.11 Å². The van der Waals surface area contributed by atoms with E-state index >= 15 is 0 Å². The lowest BCUT2D eigenvalue weighted by Gasteiger charge is -1.96. The van der Waals surface area contributed by atoms with Gasteiger partial charge >= 0.3 is 6.43 Å². The van der Waals surface area contributed by atoms with Gasteiger partial charge in [0.25, 0.3) is 5.89 Å². The number of halogens is 2. The summed E-state index contributed by atoms with van der Waals surface area (Å²) in [6.07, 6.45) is -2.70. The molecule has 0 aliphatic carbocycles. The van der Waals surface area contributed by atoms with Crippen molar-refractivity contribution < 1.29 is 17.9 Å². The number of alkyl halides is 2. The number of hydrogen-bond donors (Lipinski definition) is 0. The second-order valence-electron chi connectivity index (χ2n) is 2.66. The van der Waals surface area contributed by atoms with Crippen molar-refractivity contribution in [1.82, 2.24) is 4.98 Å². The highest BCUT2D eigenvalue weighted by molar-refractivity contribution is 5.79. The van der Waals surface area contributed by atoms with E-state index in [1.807, 2.05) is 0 Å². The van der Waals surface area contributed by atoms with Crippen LogP contribution in [0.3, 0.4) is 0 Å². The van der Waals surface area contributed by atoms with E-state index in [0.717, 1.165) is 0 Å². The molecule has 2 aromatic rings. The Bertz CT molecular complexity index is 453. The van der Waals surface area contributed by atoms with E-state index < -0.39 is 12.3 Å². The molecular weight excluding hydrogens is 192 g/mol. The molecule has 1 heterocycles. The van der Waals surface area contributed by atoms with Gasteiger partial charge in [-0.05, 0) is 12.1 Å². The smallest absolute Gasteiger partial charge is 0.313 e. The maximum atomic E-state index is 12.2. The highest BCUT2D eigenvalue weighted by Gasteiger charge is 2.17. The zero-order chi connectivity index (χ0) is 10.1. The van der Waals surface area contributed by atoms with Gasteiger partial charge in [-0.25, -0.2) is 4.98 Å². The fraction of sp³-hybridized carbons (Fsp3) is 0.222. The first-order valence-electron chi connectivity index (χ1n) is 3.94. The minimum atomic E-state index is -2.70. The summed E-state index contributed by atoms with van der Waals surface area (Å²) >= 11 is 0. The number of para-hydroxylation sites is 1.